The van der Waals surface area contributed by atoms with Gasteiger partial charge in [0.15, 0.2) is 11.6 Å². The molecule has 0 aliphatic carbocycles. The summed E-state index contributed by atoms with van der Waals surface area (Å²) in [5.41, 5.74) is 1.17. The van der Waals surface area contributed by atoms with Gasteiger partial charge in [-0.05, 0) is 51.0 Å². The third-order valence-corrected chi connectivity index (χ3v) is 2.84. The number of halogens is 2. The summed E-state index contributed by atoms with van der Waals surface area (Å²) >= 11 is 0. The fraction of sp³-hybridized carbons (Fsp3) is 0.400. The summed E-state index contributed by atoms with van der Waals surface area (Å²) < 4.78 is 29.4. The molecule has 0 spiro atoms. The Labute approximate surface area is 117 Å². The van der Waals surface area contributed by atoms with Crippen LogP contribution < -0.4 is 5.32 Å². The van der Waals surface area contributed by atoms with Gasteiger partial charge in [-0.1, -0.05) is 0 Å². The number of hydrogen-bond donors (Lipinski definition) is 1. The van der Waals surface area contributed by atoms with E-state index < -0.39 is 11.6 Å². The lowest BCUT2D eigenvalue weighted by molar-refractivity contribution is 0.422. The van der Waals surface area contributed by atoms with Gasteiger partial charge in [-0.15, -0.1) is 0 Å². The van der Waals surface area contributed by atoms with Crippen LogP contribution in [0.15, 0.2) is 24.5 Å². The minimum Gasteiger partial charge on any atom is -0.308 e. The van der Waals surface area contributed by atoms with Gasteiger partial charge in [0.1, 0.15) is 5.69 Å². The third-order valence-electron chi connectivity index (χ3n) is 2.84. The molecule has 0 saturated heterocycles. The zero-order valence-electron chi connectivity index (χ0n) is 12.2. The van der Waals surface area contributed by atoms with Crippen molar-refractivity contribution in [3.63, 3.8) is 0 Å². The molecule has 0 amide bonds. The first-order chi connectivity index (χ1) is 9.26. The normalized spacial score (nSPS) is 11.9. The second-order valence-electron chi connectivity index (χ2n) is 5.97. The van der Waals surface area contributed by atoms with Crippen LogP contribution in [0.4, 0.5) is 8.78 Å². The Hall–Kier alpha value is -1.75. The number of benzene rings is 1. The maximum atomic E-state index is 14.1. The first-order valence-corrected chi connectivity index (χ1v) is 6.51. The molecular weight excluding hydrogens is 260 g/mol. The molecule has 0 unspecified atom stereocenters. The van der Waals surface area contributed by atoms with Crippen molar-refractivity contribution in [2.45, 2.75) is 39.8 Å². The molecule has 1 heterocycles. The first kappa shape index (κ1) is 14.7. The maximum absolute atomic E-state index is 14.1. The van der Waals surface area contributed by atoms with Gasteiger partial charge in [-0.3, -0.25) is 0 Å². The smallest absolute Gasteiger partial charge is 0.152 e. The van der Waals surface area contributed by atoms with Crippen LogP contribution in [0.5, 0.6) is 0 Å². The lowest BCUT2D eigenvalue weighted by atomic mass is 10.1. The fourth-order valence-corrected chi connectivity index (χ4v) is 1.84. The van der Waals surface area contributed by atoms with E-state index in [0.717, 1.165) is 5.56 Å². The summed E-state index contributed by atoms with van der Waals surface area (Å²) in [6.45, 7) is 8.23. The van der Waals surface area contributed by atoms with Gasteiger partial charge in [-0.2, -0.15) is 5.10 Å². The lowest BCUT2D eigenvalue weighted by Crippen LogP contribution is -2.35. The molecule has 0 saturated carbocycles. The zero-order chi connectivity index (χ0) is 14.9. The largest absolute Gasteiger partial charge is 0.308 e. The summed E-state index contributed by atoms with van der Waals surface area (Å²) in [7, 11) is 0. The van der Waals surface area contributed by atoms with Gasteiger partial charge < -0.3 is 5.32 Å². The van der Waals surface area contributed by atoms with Crippen LogP contribution in [-0.4, -0.2) is 15.3 Å². The molecule has 1 N–H and O–H groups in total. The number of aromatic nitrogens is 2. The van der Waals surface area contributed by atoms with Gasteiger partial charge in [-0.25, -0.2) is 13.5 Å². The zero-order valence-corrected chi connectivity index (χ0v) is 12.2. The highest BCUT2D eigenvalue weighted by Gasteiger charge is 2.15. The molecule has 20 heavy (non-hydrogen) atoms. The Bertz CT molecular complexity index is 589. The standard InChI is InChI=1S/C15H19F2N3/c1-10-7-19-20(9-10)14-12(16)5-11(6-13(14)17)8-18-15(2,3)4/h5-7,9,18H,8H2,1-4H3. The second-order valence-corrected chi connectivity index (χ2v) is 5.97. The molecule has 108 valence electrons. The number of nitrogens with one attached hydrogen (secondary N) is 1. The van der Waals surface area contributed by atoms with Gasteiger partial charge in [0.25, 0.3) is 0 Å². The summed E-state index contributed by atoms with van der Waals surface area (Å²) in [5, 5.41) is 7.14. The van der Waals surface area contributed by atoms with Crippen LogP contribution in [0.1, 0.15) is 31.9 Å². The maximum Gasteiger partial charge on any atom is 0.152 e. The van der Waals surface area contributed by atoms with E-state index in [9.17, 15) is 8.78 Å². The van der Waals surface area contributed by atoms with Crippen molar-refractivity contribution in [2.24, 2.45) is 0 Å². The van der Waals surface area contributed by atoms with Crippen molar-refractivity contribution in [1.82, 2.24) is 15.1 Å². The van der Waals surface area contributed by atoms with Gasteiger partial charge in [0.2, 0.25) is 0 Å². The molecule has 2 aromatic rings. The van der Waals surface area contributed by atoms with Crippen LogP contribution in [0, 0.1) is 18.6 Å². The van der Waals surface area contributed by atoms with E-state index >= 15 is 0 Å². The van der Waals surface area contributed by atoms with E-state index in [2.05, 4.69) is 10.4 Å². The lowest BCUT2D eigenvalue weighted by Gasteiger charge is -2.20. The minimum absolute atomic E-state index is 0.106. The molecule has 2 rings (SSSR count). The van der Waals surface area contributed by atoms with Crippen LogP contribution in [0.25, 0.3) is 5.69 Å². The average Bonchev–Trinajstić information content (AvgIpc) is 2.71. The Kier molecular flexibility index (Phi) is 3.90. The SMILES string of the molecule is Cc1cnn(-c2c(F)cc(CNC(C)(C)C)cc2F)c1. The Morgan fingerprint density at radius 3 is 2.25 bits per heavy atom. The van der Waals surface area contributed by atoms with Crippen LogP contribution in [-0.2, 0) is 6.54 Å². The Morgan fingerprint density at radius 1 is 1.20 bits per heavy atom. The van der Waals surface area contributed by atoms with Crippen molar-refractivity contribution in [3.05, 3.63) is 47.3 Å². The summed E-state index contributed by atoms with van der Waals surface area (Å²) in [4.78, 5) is 0. The van der Waals surface area contributed by atoms with E-state index in [0.29, 0.717) is 12.1 Å². The van der Waals surface area contributed by atoms with Gasteiger partial charge >= 0.3 is 0 Å². The van der Waals surface area contributed by atoms with E-state index in [1.54, 1.807) is 12.4 Å². The van der Waals surface area contributed by atoms with Crippen molar-refractivity contribution < 1.29 is 8.78 Å². The Balaban J connectivity index is 2.30. The predicted molar refractivity (Wildman–Crippen MR) is 74.8 cm³/mol. The van der Waals surface area contributed by atoms with E-state index in [1.807, 2.05) is 27.7 Å². The predicted octanol–water partition coefficient (Wildman–Crippen LogP) is 3.35. The number of hydrogen-bond acceptors (Lipinski definition) is 2. The van der Waals surface area contributed by atoms with E-state index in [1.165, 1.54) is 16.8 Å². The molecule has 5 heteroatoms. The van der Waals surface area contributed by atoms with E-state index in [4.69, 9.17) is 0 Å². The van der Waals surface area contributed by atoms with Crippen molar-refractivity contribution >= 4 is 0 Å². The molecule has 0 aliphatic heterocycles. The first-order valence-electron chi connectivity index (χ1n) is 6.51. The molecule has 3 nitrogen and oxygen atoms in total. The molecule has 0 atom stereocenters. The van der Waals surface area contributed by atoms with Crippen LogP contribution in [0.2, 0.25) is 0 Å². The average molecular weight is 279 g/mol. The molecule has 0 fully saturated rings. The molecular formula is C15H19F2N3. The summed E-state index contributed by atoms with van der Waals surface area (Å²) in [6.07, 6.45) is 3.16. The molecule has 1 aromatic heterocycles. The molecule has 0 bridgehead atoms. The molecule has 1 aromatic carbocycles. The fourth-order valence-electron chi connectivity index (χ4n) is 1.84. The highest BCUT2D eigenvalue weighted by atomic mass is 19.1. The number of aryl methyl sites for hydroxylation is 1. The minimum atomic E-state index is -0.612. The van der Waals surface area contributed by atoms with Crippen LogP contribution in [0.3, 0.4) is 0 Å². The molecule has 0 aliphatic rings. The van der Waals surface area contributed by atoms with E-state index in [-0.39, 0.29) is 11.2 Å². The second kappa shape index (κ2) is 5.32. The quantitative estimate of drug-likeness (QED) is 0.933. The topological polar surface area (TPSA) is 29.9 Å². The van der Waals surface area contributed by atoms with Crippen molar-refractivity contribution in [1.29, 1.82) is 0 Å². The monoisotopic (exact) mass is 279 g/mol. The third kappa shape index (κ3) is 3.42. The highest BCUT2D eigenvalue weighted by Crippen LogP contribution is 2.20. The number of rotatable bonds is 3. The van der Waals surface area contributed by atoms with Crippen molar-refractivity contribution in [3.8, 4) is 5.69 Å². The van der Waals surface area contributed by atoms with Crippen molar-refractivity contribution in [2.75, 3.05) is 0 Å². The summed E-state index contributed by atoms with van der Waals surface area (Å²) in [5.74, 6) is -1.22. The van der Waals surface area contributed by atoms with Crippen LogP contribution >= 0.6 is 0 Å². The van der Waals surface area contributed by atoms with Gasteiger partial charge in [0, 0.05) is 18.3 Å². The summed E-state index contributed by atoms with van der Waals surface area (Å²) in [6, 6.07) is 2.68. The van der Waals surface area contributed by atoms with Gasteiger partial charge in [0.05, 0.1) is 6.20 Å². The highest BCUT2D eigenvalue weighted by molar-refractivity contribution is 5.38. The Morgan fingerprint density at radius 2 is 1.80 bits per heavy atom. The number of nitrogens with zero attached hydrogens (tertiary/aromatic N) is 2. The molecule has 0 radical (unpaired) electrons.